The maximum absolute atomic E-state index is 13.8. The molecule has 1 aromatic rings. The molecular formula is C27H39N3O6. The van der Waals surface area contributed by atoms with Crippen LogP contribution in [-0.2, 0) is 20.8 Å². The molecule has 1 aliphatic carbocycles. The molecule has 1 amide bonds. The number of rotatable bonds is 12. The number of likely N-dealkylation sites (tertiary alicyclic amines) is 1. The monoisotopic (exact) mass is 501 g/mol. The predicted octanol–water partition coefficient (Wildman–Crippen LogP) is 2.46. The number of carbonyl (C=O) groups excluding carboxylic acids is 3. The number of hydrogen-bond donors (Lipinski definition) is 2. The minimum Gasteiger partial charge on any atom is -0.366 e. The number of aliphatic hydroxyl groups excluding tert-OH is 1. The lowest BCUT2D eigenvalue weighted by Gasteiger charge is -2.39. The molecule has 1 saturated carbocycles. The van der Waals surface area contributed by atoms with Crippen molar-refractivity contribution in [1.29, 1.82) is 0 Å². The second-order valence-corrected chi connectivity index (χ2v) is 10.8. The quantitative estimate of drug-likeness (QED) is 0.256. The van der Waals surface area contributed by atoms with E-state index in [1.54, 1.807) is 16.7 Å². The van der Waals surface area contributed by atoms with Crippen LogP contribution in [0.3, 0.4) is 0 Å². The summed E-state index contributed by atoms with van der Waals surface area (Å²) in [7, 11) is 0. The third-order valence-corrected chi connectivity index (χ3v) is 7.95. The summed E-state index contributed by atoms with van der Waals surface area (Å²) in [5, 5.41) is 22.8. The standard InChI is InChI=1S/C27H39N3O6/c1-17(13-14-19-9-6-5-7-10-19)29(16-23(31)24(32)27(3,4)28-36)18(2)25(33)30-21-12-8-11-20(21)15-22(30)26(34)35/h5-7,9-10,17-18,20-22,26,34-35H,8,11-16H2,1-4H3/t17-,18+,20?,21?,22?/m1/s1. The van der Waals surface area contributed by atoms with Crippen molar-refractivity contribution >= 4 is 17.5 Å². The molecule has 1 aromatic carbocycles. The summed E-state index contributed by atoms with van der Waals surface area (Å²) in [6.07, 6.45) is 3.00. The third-order valence-electron chi connectivity index (χ3n) is 7.95. The van der Waals surface area contributed by atoms with Crippen LogP contribution in [0.4, 0.5) is 0 Å². The van der Waals surface area contributed by atoms with Gasteiger partial charge in [0.05, 0.1) is 18.6 Å². The maximum atomic E-state index is 13.8. The van der Waals surface area contributed by atoms with E-state index in [0.29, 0.717) is 12.8 Å². The highest BCUT2D eigenvalue weighted by molar-refractivity contribution is 6.41. The van der Waals surface area contributed by atoms with Gasteiger partial charge >= 0.3 is 0 Å². The van der Waals surface area contributed by atoms with Gasteiger partial charge in [0.15, 0.2) is 11.8 Å². The largest absolute Gasteiger partial charge is 0.366 e. The van der Waals surface area contributed by atoms with Crippen LogP contribution < -0.4 is 0 Å². The molecule has 0 radical (unpaired) electrons. The minimum atomic E-state index is -1.68. The van der Waals surface area contributed by atoms with E-state index in [0.717, 1.165) is 31.2 Å². The lowest BCUT2D eigenvalue weighted by atomic mass is 9.95. The Morgan fingerprint density at radius 1 is 1.14 bits per heavy atom. The van der Waals surface area contributed by atoms with Gasteiger partial charge in [0.25, 0.3) is 0 Å². The van der Waals surface area contributed by atoms with Crippen molar-refractivity contribution in [2.45, 2.75) is 102 Å². The van der Waals surface area contributed by atoms with Crippen molar-refractivity contribution in [3.8, 4) is 0 Å². The van der Waals surface area contributed by atoms with Gasteiger partial charge in [-0.25, -0.2) is 0 Å². The Hall–Kier alpha value is -2.49. The van der Waals surface area contributed by atoms with Crippen LogP contribution >= 0.6 is 0 Å². The molecule has 0 spiro atoms. The van der Waals surface area contributed by atoms with Crippen molar-refractivity contribution in [2.75, 3.05) is 6.54 Å². The fourth-order valence-corrected chi connectivity index (χ4v) is 5.76. The van der Waals surface area contributed by atoms with Crippen LogP contribution in [0.15, 0.2) is 35.5 Å². The van der Waals surface area contributed by atoms with Crippen molar-refractivity contribution in [3.63, 3.8) is 0 Å². The molecule has 1 heterocycles. The SMILES string of the molecule is C[C@H](CCc1ccccc1)N(CC(=O)C(=O)C(C)(C)N=O)[C@@H](C)C(=O)N1C(C(O)O)CC2CCCC21. The first kappa shape index (κ1) is 28.1. The molecule has 9 nitrogen and oxygen atoms in total. The van der Waals surface area contributed by atoms with Gasteiger partial charge in [-0.3, -0.25) is 19.3 Å². The molecule has 5 atom stereocenters. The van der Waals surface area contributed by atoms with Gasteiger partial charge in [-0.15, -0.1) is 4.91 Å². The van der Waals surface area contributed by atoms with Crippen LogP contribution in [0, 0.1) is 10.8 Å². The number of amides is 1. The van der Waals surface area contributed by atoms with Crippen molar-refractivity contribution in [2.24, 2.45) is 11.1 Å². The zero-order chi connectivity index (χ0) is 26.6. The van der Waals surface area contributed by atoms with Gasteiger partial charge in [0.1, 0.15) is 0 Å². The Morgan fingerprint density at radius 3 is 2.42 bits per heavy atom. The van der Waals surface area contributed by atoms with E-state index in [1.165, 1.54) is 13.8 Å². The summed E-state index contributed by atoms with van der Waals surface area (Å²) in [6.45, 7) is 5.89. The van der Waals surface area contributed by atoms with Gasteiger partial charge in [-0.1, -0.05) is 41.9 Å². The summed E-state index contributed by atoms with van der Waals surface area (Å²) in [5.74, 6) is -1.70. The van der Waals surface area contributed by atoms with E-state index in [-0.39, 0.29) is 30.5 Å². The maximum Gasteiger partial charge on any atom is 0.240 e. The number of nitroso groups, excluding NO2 is 1. The number of aryl methyl sites for hydroxylation is 1. The van der Waals surface area contributed by atoms with Crippen molar-refractivity contribution in [1.82, 2.24) is 9.80 Å². The highest BCUT2D eigenvalue weighted by Gasteiger charge is 2.50. The number of carbonyl (C=O) groups is 3. The molecule has 3 unspecified atom stereocenters. The molecule has 0 bridgehead atoms. The molecule has 9 heteroatoms. The highest BCUT2D eigenvalue weighted by Crippen LogP contribution is 2.42. The fourth-order valence-electron chi connectivity index (χ4n) is 5.76. The summed E-state index contributed by atoms with van der Waals surface area (Å²) < 4.78 is 0. The number of fused-ring (bicyclic) bond motifs is 1. The predicted molar refractivity (Wildman–Crippen MR) is 135 cm³/mol. The first-order chi connectivity index (χ1) is 17.0. The molecule has 3 rings (SSSR count). The third kappa shape index (κ3) is 6.07. The summed E-state index contributed by atoms with van der Waals surface area (Å²) in [4.78, 5) is 53.9. The smallest absolute Gasteiger partial charge is 0.240 e. The normalized spacial score (nSPS) is 23.6. The van der Waals surface area contributed by atoms with E-state index in [9.17, 15) is 29.5 Å². The van der Waals surface area contributed by atoms with Crippen LogP contribution in [0.2, 0.25) is 0 Å². The number of Topliss-reactive ketones (excluding diaryl/α,β-unsaturated/α-hetero) is 2. The lowest BCUT2D eigenvalue weighted by Crippen LogP contribution is -2.57. The van der Waals surface area contributed by atoms with E-state index in [1.807, 2.05) is 37.3 Å². The second kappa shape index (κ2) is 11.7. The van der Waals surface area contributed by atoms with Crippen molar-refractivity contribution < 1.29 is 24.6 Å². The molecule has 36 heavy (non-hydrogen) atoms. The Morgan fingerprint density at radius 2 is 1.81 bits per heavy atom. The van der Waals surface area contributed by atoms with Crippen LogP contribution in [0.1, 0.15) is 65.4 Å². The number of nitrogens with zero attached hydrogens (tertiary/aromatic N) is 3. The Balaban J connectivity index is 1.83. The second-order valence-electron chi connectivity index (χ2n) is 10.8. The minimum absolute atomic E-state index is 0.0521. The lowest BCUT2D eigenvalue weighted by molar-refractivity contribution is -0.153. The number of ketones is 2. The average Bonchev–Trinajstić information content (AvgIpc) is 3.46. The summed E-state index contributed by atoms with van der Waals surface area (Å²) in [5.41, 5.74) is -0.560. The zero-order valence-corrected chi connectivity index (χ0v) is 21.7. The Bertz CT molecular complexity index is 950. The molecule has 1 aliphatic heterocycles. The van der Waals surface area contributed by atoms with Gasteiger partial charge in [0, 0.05) is 12.1 Å². The number of hydrogen-bond acceptors (Lipinski definition) is 8. The van der Waals surface area contributed by atoms with Crippen LogP contribution in [0.5, 0.6) is 0 Å². The number of aliphatic hydroxyl groups is 2. The molecular weight excluding hydrogens is 462 g/mol. The van der Waals surface area contributed by atoms with E-state index < -0.39 is 35.5 Å². The zero-order valence-electron chi connectivity index (χ0n) is 21.7. The molecule has 2 aliphatic rings. The summed E-state index contributed by atoms with van der Waals surface area (Å²) >= 11 is 0. The Kier molecular flexibility index (Phi) is 9.13. The fraction of sp³-hybridized carbons (Fsp3) is 0.667. The van der Waals surface area contributed by atoms with Gasteiger partial charge in [-0.2, -0.15) is 0 Å². The first-order valence-electron chi connectivity index (χ1n) is 12.9. The Labute approximate surface area is 212 Å². The topological polar surface area (TPSA) is 128 Å². The van der Waals surface area contributed by atoms with Gasteiger partial charge in [-0.05, 0) is 71.3 Å². The first-order valence-corrected chi connectivity index (χ1v) is 12.9. The van der Waals surface area contributed by atoms with Gasteiger partial charge < -0.3 is 15.1 Å². The van der Waals surface area contributed by atoms with E-state index >= 15 is 0 Å². The average molecular weight is 502 g/mol. The molecule has 198 valence electrons. The molecule has 0 aromatic heterocycles. The van der Waals surface area contributed by atoms with Gasteiger partial charge in [0.2, 0.25) is 17.5 Å². The molecule has 1 saturated heterocycles. The highest BCUT2D eigenvalue weighted by atomic mass is 16.5. The van der Waals surface area contributed by atoms with Crippen molar-refractivity contribution in [3.05, 3.63) is 40.8 Å². The van der Waals surface area contributed by atoms with Crippen LogP contribution in [0.25, 0.3) is 0 Å². The van der Waals surface area contributed by atoms with E-state index in [4.69, 9.17) is 0 Å². The molecule has 2 N–H and O–H groups in total. The van der Waals surface area contributed by atoms with E-state index in [2.05, 4.69) is 5.18 Å². The molecule has 2 fully saturated rings. The number of benzene rings is 1. The summed E-state index contributed by atoms with van der Waals surface area (Å²) in [6, 6.07) is 8.10. The van der Waals surface area contributed by atoms with Crippen LogP contribution in [-0.4, -0.2) is 80.0 Å².